The summed E-state index contributed by atoms with van der Waals surface area (Å²) >= 11 is 11.9. The van der Waals surface area contributed by atoms with Crippen LogP contribution >= 0.6 is 23.2 Å². The molecule has 1 amide bonds. The second-order valence-electron chi connectivity index (χ2n) is 5.28. The normalized spacial score (nSPS) is 20.3. The first-order chi connectivity index (χ1) is 10.1. The summed E-state index contributed by atoms with van der Waals surface area (Å²) in [7, 11) is 1.81. The van der Waals surface area contributed by atoms with Crippen molar-refractivity contribution < 1.29 is 4.79 Å². The molecule has 3 rings (SSSR count). The molecular formula is C15H15Cl2N3O. The van der Waals surface area contributed by atoms with Gasteiger partial charge >= 0.3 is 0 Å². The summed E-state index contributed by atoms with van der Waals surface area (Å²) in [5, 5.41) is 8.26. The molecule has 1 aromatic carbocycles. The van der Waals surface area contributed by atoms with Crippen LogP contribution in [0.4, 0.5) is 0 Å². The molecule has 0 radical (unpaired) electrons. The van der Waals surface area contributed by atoms with Crippen LogP contribution in [0.1, 0.15) is 23.6 Å². The Bertz CT molecular complexity index is 647. The van der Waals surface area contributed by atoms with Crippen molar-refractivity contribution >= 4 is 29.1 Å². The molecule has 1 aliphatic carbocycles. The minimum absolute atomic E-state index is 0.0400. The van der Waals surface area contributed by atoms with E-state index in [0.29, 0.717) is 22.5 Å². The van der Waals surface area contributed by atoms with E-state index in [4.69, 9.17) is 23.2 Å². The molecule has 2 aromatic rings. The molecule has 0 saturated heterocycles. The van der Waals surface area contributed by atoms with Gasteiger partial charge in [0.15, 0.2) is 0 Å². The van der Waals surface area contributed by atoms with Crippen molar-refractivity contribution in [2.75, 3.05) is 0 Å². The van der Waals surface area contributed by atoms with Crippen molar-refractivity contribution in [3.05, 3.63) is 51.8 Å². The molecule has 1 aliphatic rings. The van der Waals surface area contributed by atoms with Crippen LogP contribution in [0.2, 0.25) is 10.0 Å². The summed E-state index contributed by atoms with van der Waals surface area (Å²) in [6, 6.07) is 7.69. The largest absolute Gasteiger partial charge is 0.350 e. The maximum absolute atomic E-state index is 12.2. The molecule has 2 unspecified atom stereocenters. The van der Waals surface area contributed by atoms with E-state index in [2.05, 4.69) is 10.4 Å². The average molecular weight is 324 g/mol. The van der Waals surface area contributed by atoms with Gasteiger partial charge in [-0.05, 0) is 30.0 Å². The Morgan fingerprint density at radius 2 is 2.10 bits per heavy atom. The number of amides is 1. The van der Waals surface area contributed by atoms with Crippen LogP contribution in [0.25, 0.3) is 0 Å². The lowest BCUT2D eigenvalue weighted by atomic mass is 10.1. The molecule has 1 fully saturated rings. The number of aromatic nitrogens is 2. The monoisotopic (exact) mass is 323 g/mol. The Morgan fingerprint density at radius 3 is 2.71 bits per heavy atom. The van der Waals surface area contributed by atoms with Crippen molar-refractivity contribution in [2.24, 2.45) is 13.0 Å². The lowest BCUT2D eigenvalue weighted by Gasteiger charge is -2.06. The van der Waals surface area contributed by atoms with Crippen molar-refractivity contribution in [3.8, 4) is 0 Å². The summed E-state index contributed by atoms with van der Waals surface area (Å²) in [5.41, 5.74) is 1.98. The van der Waals surface area contributed by atoms with Gasteiger partial charge in [-0.3, -0.25) is 9.48 Å². The van der Waals surface area contributed by atoms with Crippen molar-refractivity contribution in [1.29, 1.82) is 0 Å². The van der Waals surface area contributed by atoms with Gasteiger partial charge in [0.25, 0.3) is 0 Å². The molecule has 21 heavy (non-hydrogen) atoms. The van der Waals surface area contributed by atoms with Gasteiger partial charge in [-0.15, -0.1) is 0 Å². The van der Waals surface area contributed by atoms with Gasteiger partial charge in [0.2, 0.25) is 5.91 Å². The molecule has 6 heteroatoms. The lowest BCUT2D eigenvalue weighted by molar-refractivity contribution is -0.122. The fourth-order valence-corrected chi connectivity index (χ4v) is 2.86. The molecule has 4 nitrogen and oxygen atoms in total. The van der Waals surface area contributed by atoms with Crippen LogP contribution in [0.5, 0.6) is 0 Å². The average Bonchev–Trinajstić information content (AvgIpc) is 3.20. The highest BCUT2D eigenvalue weighted by Gasteiger charge is 2.43. The Morgan fingerprint density at radius 1 is 1.38 bits per heavy atom. The smallest absolute Gasteiger partial charge is 0.224 e. The number of halogens is 2. The highest BCUT2D eigenvalue weighted by Crippen LogP contribution is 2.47. The number of nitrogens with zero attached hydrogens (tertiary/aromatic N) is 2. The van der Waals surface area contributed by atoms with Crippen LogP contribution in [0.15, 0.2) is 30.5 Å². The topological polar surface area (TPSA) is 46.9 Å². The molecule has 0 spiro atoms. The summed E-state index contributed by atoms with van der Waals surface area (Å²) in [5.74, 6) is 0.398. The molecule has 1 heterocycles. The number of hydrogen-bond acceptors (Lipinski definition) is 2. The Balaban J connectivity index is 1.57. The summed E-state index contributed by atoms with van der Waals surface area (Å²) in [6.07, 6.45) is 2.46. The van der Waals surface area contributed by atoms with E-state index < -0.39 is 0 Å². The Labute approximate surface area is 133 Å². The first-order valence-electron chi connectivity index (χ1n) is 6.76. The number of hydrogen-bond donors (Lipinski definition) is 1. The molecule has 1 N–H and O–H groups in total. The van der Waals surface area contributed by atoms with Crippen LogP contribution < -0.4 is 5.32 Å². The molecule has 1 aromatic heterocycles. The third-order valence-corrected chi connectivity index (χ3v) is 4.43. The molecule has 110 valence electrons. The van der Waals surface area contributed by atoms with E-state index in [9.17, 15) is 4.79 Å². The maximum Gasteiger partial charge on any atom is 0.224 e. The third kappa shape index (κ3) is 3.06. The number of aryl methyl sites for hydroxylation is 1. The van der Waals surface area contributed by atoms with Crippen LogP contribution in [-0.2, 0) is 18.4 Å². The van der Waals surface area contributed by atoms with Gasteiger partial charge in [0.05, 0.1) is 23.5 Å². The van der Waals surface area contributed by atoms with E-state index in [1.807, 2.05) is 24.3 Å². The van der Waals surface area contributed by atoms with Crippen molar-refractivity contribution in [2.45, 2.75) is 18.9 Å². The fourth-order valence-electron chi connectivity index (χ4n) is 2.50. The second-order valence-corrected chi connectivity index (χ2v) is 6.12. The van der Waals surface area contributed by atoms with Crippen LogP contribution in [-0.4, -0.2) is 15.7 Å². The number of nitrogens with one attached hydrogen (secondary N) is 1. The molecular weight excluding hydrogens is 309 g/mol. The van der Waals surface area contributed by atoms with E-state index in [-0.39, 0.29) is 11.8 Å². The summed E-state index contributed by atoms with van der Waals surface area (Å²) < 4.78 is 1.67. The summed E-state index contributed by atoms with van der Waals surface area (Å²) in [6.45, 7) is 0.401. The van der Waals surface area contributed by atoms with Gasteiger partial charge in [0, 0.05) is 18.0 Å². The summed E-state index contributed by atoms with van der Waals surface area (Å²) in [4.78, 5) is 12.2. The fraction of sp³-hybridized carbons (Fsp3) is 0.333. The Hall–Kier alpha value is -1.52. The predicted octanol–water partition coefficient (Wildman–Crippen LogP) is 3.15. The lowest BCUT2D eigenvalue weighted by Crippen LogP contribution is -2.26. The highest BCUT2D eigenvalue weighted by molar-refractivity contribution is 6.31. The van der Waals surface area contributed by atoms with Crippen molar-refractivity contribution in [1.82, 2.24) is 15.1 Å². The van der Waals surface area contributed by atoms with Gasteiger partial charge < -0.3 is 5.32 Å². The SMILES string of the molecule is Cn1ncc(Cl)c1CNC(=O)C1CC1c1ccc(Cl)cc1. The maximum atomic E-state index is 12.2. The standard InChI is InChI=1S/C15H15Cl2N3O/c1-20-14(13(17)7-19-20)8-18-15(21)12-6-11(12)9-2-4-10(16)5-3-9/h2-5,7,11-12H,6,8H2,1H3,(H,18,21). The zero-order valence-corrected chi connectivity index (χ0v) is 13.0. The van der Waals surface area contributed by atoms with E-state index in [1.165, 1.54) is 0 Å². The van der Waals surface area contributed by atoms with E-state index in [1.54, 1.807) is 17.9 Å². The van der Waals surface area contributed by atoms with Gasteiger partial charge in [-0.1, -0.05) is 35.3 Å². The zero-order chi connectivity index (χ0) is 15.0. The molecule has 0 bridgehead atoms. The highest BCUT2D eigenvalue weighted by atomic mass is 35.5. The van der Waals surface area contributed by atoms with Gasteiger partial charge in [-0.2, -0.15) is 5.10 Å². The van der Waals surface area contributed by atoms with E-state index >= 15 is 0 Å². The first-order valence-corrected chi connectivity index (χ1v) is 7.51. The predicted molar refractivity (Wildman–Crippen MR) is 82.4 cm³/mol. The number of carbonyl (C=O) groups excluding carboxylic acids is 1. The zero-order valence-electron chi connectivity index (χ0n) is 11.5. The molecule has 1 saturated carbocycles. The molecule has 0 aliphatic heterocycles. The van der Waals surface area contributed by atoms with Crippen LogP contribution in [0, 0.1) is 5.92 Å². The Kier molecular flexibility index (Phi) is 3.91. The molecule has 2 atom stereocenters. The quantitative estimate of drug-likeness (QED) is 0.939. The van der Waals surface area contributed by atoms with E-state index in [0.717, 1.165) is 17.7 Å². The van der Waals surface area contributed by atoms with Gasteiger partial charge in [0.1, 0.15) is 0 Å². The minimum Gasteiger partial charge on any atom is -0.350 e. The van der Waals surface area contributed by atoms with Gasteiger partial charge in [-0.25, -0.2) is 0 Å². The van der Waals surface area contributed by atoms with Crippen LogP contribution in [0.3, 0.4) is 0 Å². The first kappa shape index (κ1) is 14.4. The third-order valence-electron chi connectivity index (χ3n) is 3.87. The second kappa shape index (κ2) is 5.70. The minimum atomic E-state index is 0.0400. The van der Waals surface area contributed by atoms with Crippen molar-refractivity contribution in [3.63, 3.8) is 0 Å². The number of carbonyl (C=O) groups is 1. The number of benzene rings is 1. The number of rotatable bonds is 4.